The van der Waals surface area contributed by atoms with Crippen molar-refractivity contribution in [3.05, 3.63) is 35.4 Å². The molecule has 2 amide bonds. The fraction of sp³-hybridized carbons (Fsp3) is 0.500. The van der Waals surface area contributed by atoms with Gasteiger partial charge in [-0.3, -0.25) is 14.5 Å². The van der Waals surface area contributed by atoms with Crippen LogP contribution < -0.4 is 5.32 Å². The zero-order valence-electron chi connectivity index (χ0n) is 12.3. The summed E-state index contributed by atoms with van der Waals surface area (Å²) in [4.78, 5) is 25.2. The third-order valence-electron chi connectivity index (χ3n) is 3.97. The van der Waals surface area contributed by atoms with E-state index in [4.69, 9.17) is 0 Å². The first-order chi connectivity index (χ1) is 9.56. The van der Waals surface area contributed by atoms with E-state index < -0.39 is 0 Å². The molecule has 2 unspecified atom stereocenters. The van der Waals surface area contributed by atoms with Crippen LogP contribution in [0.5, 0.6) is 0 Å². The number of aryl methyl sites for hydroxylation is 1. The Kier molecular flexibility index (Phi) is 4.55. The third-order valence-corrected chi connectivity index (χ3v) is 3.97. The molecule has 1 aliphatic rings. The molecule has 0 spiro atoms. The summed E-state index contributed by atoms with van der Waals surface area (Å²) in [6.07, 6.45) is 1.34. The summed E-state index contributed by atoms with van der Waals surface area (Å²) in [5, 5.41) is 3.19. The summed E-state index contributed by atoms with van der Waals surface area (Å²) in [6, 6.07) is 8.30. The first kappa shape index (κ1) is 14.7. The molecule has 20 heavy (non-hydrogen) atoms. The van der Waals surface area contributed by atoms with Crippen molar-refractivity contribution in [3.8, 4) is 0 Å². The number of imide groups is 1. The maximum atomic E-state index is 12.0. The molecule has 0 aliphatic carbocycles. The minimum absolute atomic E-state index is 0.0147. The smallest absolute Gasteiger partial charge is 0.232 e. The molecule has 1 N–H and O–H groups in total. The Balaban J connectivity index is 2.12. The third kappa shape index (κ3) is 2.90. The van der Waals surface area contributed by atoms with Crippen LogP contribution in [0.2, 0.25) is 0 Å². The second-order valence-electron chi connectivity index (χ2n) is 5.38. The van der Waals surface area contributed by atoms with Crippen LogP contribution in [-0.2, 0) is 16.0 Å². The first-order valence-corrected chi connectivity index (χ1v) is 7.17. The van der Waals surface area contributed by atoms with Crippen molar-refractivity contribution < 1.29 is 9.59 Å². The molecule has 1 aromatic carbocycles. The molecule has 108 valence electrons. The highest BCUT2D eigenvalue weighted by Gasteiger charge is 2.36. The van der Waals surface area contributed by atoms with E-state index in [0.29, 0.717) is 13.0 Å². The Bertz CT molecular complexity index is 496. The number of likely N-dealkylation sites (tertiary alicyclic amines) is 1. The van der Waals surface area contributed by atoms with E-state index >= 15 is 0 Å². The lowest BCUT2D eigenvalue weighted by atomic mass is 10.0. The number of carbonyl (C=O) groups excluding carboxylic acids is 2. The second-order valence-corrected chi connectivity index (χ2v) is 5.38. The second kappa shape index (κ2) is 6.18. The quantitative estimate of drug-likeness (QED) is 0.834. The number of hydrogen-bond donors (Lipinski definition) is 1. The molecule has 1 aliphatic heterocycles. The van der Waals surface area contributed by atoms with Crippen LogP contribution in [-0.4, -0.2) is 30.3 Å². The predicted molar refractivity (Wildman–Crippen MR) is 78.1 cm³/mol. The molecule has 4 nitrogen and oxygen atoms in total. The lowest BCUT2D eigenvalue weighted by molar-refractivity contribution is -0.139. The van der Waals surface area contributed by atoms with Crippen LogP contribution in [0.25, 0.3) is 0 Å². The Labute approximate surface area is 120 Å². The maximum absolute atomic E-state index is 12.0. The predicted octanol–water partition coefficient (Wildman–Crippen LogP) is 1.90. The monoisotopic (exact) mass is 274 g/mol. The molecule has 0 radical (unpaired) electrons. The van der Waals surface area contributed by atoms with Crippen molar-refractivity contribution in [2.45, 2.75) is 32.7 Å². The molecule has 4 heteroatoms. The van der Waals surface area contributed by atoms with Gasteiger partial charge in [0.05, 0.1) is 6.04 Å². The summed E-state index contributed by atoms with van der Waals surface area (Å²) in [5.74, 6) is -0.296. The summed E-state index contributed by atoms with van der Waals surface area (Å²) < 4.78 is 0. The summed E-state index contributed by atoms with van der Waals surface area (Å²) >= 11 is 0. The zero-order chi connectivity index (χ0) is 14.7. The minimum Gasteiger partial charge on any atom is -0.312 e. The van der Waals surface area contributed by atoms with Crippen LogP contribution in [0.15, 0.2) is 24.3 Å². The van der Waals surface area contributed by atoms with Crippen molar-refractivity contribution in [2.75, 3.05) is 13.6 Å². The minimum atomic E-state index is -0.178. The van der Waals surface area contributed by atoms with Gasteiger partial charge in [0.2, 0.25) is 11.8 Å². The molecule has 1 fully saturated rings. The van der Waals surface area contributed by atoms with E-state index in [1.165, 1.54) is 10.5 Å². The fourth-order valence-electron chi connectivity index (χ4n) is 2.57. The van der Waals surface area contributed by atoms with E-state index in [0.717, 1.165) is 12.0 Å². The molecule has 2 rings (SSSR count). The molecule has 0 aromatic heterocycles. The average molecular weight is 274 g/mol. The first-order valence-electron chi connectivity index (χ1n) is 7.17. The number of nitrogens with one attached hydrogen (secondary N) is 1. The molecule has 0 saturated carbocycles. The highest BCUT2D eigenvalue weighted by atomic mass is 16.2. The molecule has 1 heterocycles. The SMILES string of the molecule is CCc1ccc(C(CN2C(=O)CC(C)C2=O)NC)cc1. The molecule has 1 aromatic rings. The molecule has 2 atom stereocenters. The van der Waals surface area contributed by atoms with Gasteiger partial charge in [-0.1, -0.05) is 38.1 Å². The van der Waals surface area contributed by atoms with Crippen LogP contribution in [0.4, 0.5) is 0 Å². The fourth-order valence-corrected chi connectivity index (χ4v) is 2.57. The number of amides is 2. The van der Waals surface area contributed by atoms with Crippen molar-refractivity contribution in [2.24, 2.45) is 5.92 Å². The standard InChI is InChI=1S/C16H22N2O2/c1-4-12-5-7-13(8-6-12)14(17-3)10-18-15(19)9-11(2)16(18)20/h5-8,11,14,17H,4,9-10H2,1-3H3. The van der Waals surface area contributed by atoms with E-state index in [1.807, 2.05) is 14.0 Å². The normalized spacial score (nSPS) is 20.6. The summed E-state index contributed by atoms with van der Waals surface area (Å²) in [6.45, 7) is 4.34. The average Bonchev–Trinajstić information content (AvgIpc) is 2.70. The van der Waals surface area contributed by atoms with Crippen LogP contribution >= 0.6 is 0 Å². The van der Waals surface area contributed by atoms with Gasteiger partial charge in [0.1, 0.15) is 0 Å². The number of hydrogen-bond acceptors (Lipinski definition) is 3. The van der Waals surface area contributed by atoms with Gasteiger partial charge >= 0.3 is 0 Å². The summed E-state index contributed by atoms with van der Waals surface area (Å²) in [7, 11) is 1.85. The van der Waals surface area contributed by atoms with Crippen LogP contribution in [0, 0.1) is 5.92 Å². The number of carbonyl (C=O) groups is 2. The number of nitrogens with zero attached hydrogens (tertiary/aromatic N) is 1. The number of likely N-dealkylation sites (N-methyl/N-ethyl adjacent to an activating group) is 1. The maximum Gasteiger partial charge on any atom is 0.232 e. The summed E-state index contributed by atoms with van der Waals surface area (Å²) in [5.41, 5.74) is 2.38. The van der Waals surface area contributed by atoms with E-state index in [9.17, 15) is 9.59 Å². The zero-order valence-corrected chi connectivity index (χ0v) is 12.3. The Morgan fingerprint density at radius 3 is 2.40 bits per heavy atom. The molecule has 0 bridgehead atoms. The Morgan fingerprint density at radius 2 is 1.95 bits per heavy atom. The van der Waals surface area contributed by atoms with Crippen molar-refractivity contribution in [3.63, 3.8) is 0 Å². The van der Waals surface area contributed by atoms with Gasteiger partial charge in [-0.15, -0.1) is 0 Å². The highest BCUT2D eigenvalue weighted by molar-refractivity contribution is 6.03. The van der Waals surface area contributed by atoms with E-state index in [1.54, 1.807) is 0 Å². The van der Waals surface area contributed by atoms with Gasteiger partial charge in [-0.05, 0) is 24.6 Å². The van der Waals surface area contributed by atoms with Crippen molar-refractivity contribution in [1.82, 2.24) is 10.2 Å². The van der Waals surface area contributed by atoms with Crippen molar-refractivity contribution >= 4 is 11.8 Å². The van der Waals surface area contributed by atoms with Crippen LogP contribution in [0.1, 0.15) is 37.4 Å². The van der Waals surface area contributed by atoms with Gasteiger partial charge in [0.15, 0.2) is 0 Å². The molecular formula is C16H22N2O2. The van der Waals surface area contributed by atoms with E-state index in [2.05, 4.69) is 36.5 Å². The number of benzene rings is 1. The van der Waals surface area contributed by atoms with Gasteiger partial charge in [0, 0.05) is 18.9 Å². The van der Waals surface area contributed by atoms with Gasteiger partial charge in [0.25, 0.3) is 0 Å². The largest absolute Gasteiger partial charge is 0.312 e. The van der Waals surface area contributed by atoms with Gasteiger partial charge in [-0.25, -0.2) is 0 Å². The number of rotatable bonds is 5. The Morgan fingerprint density at radius 1 is 1.30 bits per heavy atom. The highest BCUT2D eigenvalue weighted by Crippen LogP contribution is 2.23. The van der Waals surface area contributed by atoms with Crippen molar-refractivity contribution in [1.29, 1.82) is 0 Å². The van der Waals surface area contributed by atoms with E-state index in [-0.39, 0.29) is 23.8 Å². The topological polar surface area (TPSA) is 49.4 Å². The van der Waals surface area contributed by atoms with Gasteiger partial charge < -0.3 is 5.32 Å². The Hall–Kier alpha value is -1.68. The lowest BCUT2D eigenvalue weighted by Gasteiger charge is -2.23. The van der Waals surface area contributed by atoms with Crippen LogP contribution in [0.3, 0.4) is 0 Å². The molecular weight excluding hydrogens is 252 g/mol. The molecule has 1 saturated heterocycles. The van der Waals surface area contributed by atoms with Gasteiger partial charge in [-0.2, -0.15) is 0 Å². The lowest BCUT2D eigenvalue weighted by Crippen LogP contribution is -2.38.